The maximum Gasteiger partial charge on any atom is 0.573 e. The number of hydrogen-bond acceptors (Lipinski definition) is 2. The first-order valence-corrected chi connectivity index (χ1v) is 11.7. The smallest absolute Gasteiger partial charge is 0.406 e. The highest BCUT2D eigenvalue weighted by molar-refractivity contribution is 6.38. The summed E-state index contributed by atoms with van der Waals surface area (Å²) >= 11 is 13.0. The Morgan fingerprint density at radius 2 is 1.88 bits per heavy atom. The maximum absolute atomic E-state index is 12.7. The molecule has 0 saturated carbocycles. The molecule has 34 heavy (non-hydrogen) atoms. The van der Waals surface area contributed by atoms with E-state index in [1.165, 1.54) is 12.1 Å². The number of ether oxygens (including phenoxy) is 1. The lowest BCUT2D eigenvalue weighted by Crippen LogP contribution is -2.25. The van der Waals surface area contributed by atoms with Crippen molar-refractivity contribution in [1.29, 1.82) is 0 Å². The van der Waals surface area contributed by atoms with E-state index in [0.29, 0.717) is 46.1 Å². The van der Waals surface area contributed by atoms with Crippen LogP contribution in [0.4, 0.5) is 13.2 Å². The number of aromatic nitrogens is 1. The third-order valence-corrected chi connectivity index (χ3v) is 6.49. The van der Waals surface area contributed by atoms with Crippen LogP contribution in [0.15, 0.2) is 30.3 Å². The Morgan fingerprint density at radius 1 is 1.18 bits per heavy atom. The minimum atomic E-state index is -4.77. The summed E-state index contributed by atoms with van der Waals surface area (Å²) in [5, 5.41) is 4.35. The summed E-state index contributed by atoms with van der Waals surface area (Å²) < 4.78 is 44.0. The molecule has 3 aromatic rings. The van der Waals surface area contributed by atoms with Crippen molar-refractivity contribution in [3.05, 3.63) is 62.8 Å². The van der Waals surface area contributed by atoms with Gasteiger partial charge in [-0.1, -0.05) is 37.0 Å². The summed E-state index contributed by atoms with van der Waals surface area (Å²) in [5.74, 6) is 0.00844. The maximum atomic E-state index is 12.7. The van der Waals surface area contributed by atoms with Gasteiger partial charge in [0, 0.05) is 42.2 Å². The van der Waals surface area contributed by atoms with E-state index in [2.05, 4.69) is 23.9 Å². The normalized spacial score (nSPS) is 11.9. The lowest BCUT2D eigenvalue weighted by atomic mass is 10.0. The lowest BCUT2D eigenvalue weighted by molar-refractivity contribution is -0.274. The van der Waals surface area contributed by atoms with E-state index >= 15 is 0 Å². The van der Waals surface area contributed by atoms with Crippen LogP contribution < -0.4 is 10.1 Å². The summed E-state index contributed by atoms with van der Waals surface area (Å²) in [6.45, 7) is 6.53. The van der Waals surface area contributed by atoms with E-state index in [9.17, 15) is 18.0 Å². The van der Waals surface area contributed by atoms with Gasteiger partial charge in [-0.25, -0.2) is 0 Å². The molecule has 1 heterocycles. The van der Waals surface area contributed by atoms with Gasteiger partial charge in [-0.3, -0.25) is 4.79 Å². The molecule has 0 unspecified atom stereocenters. The van der Waals surface area contributed by atoms with Crippen LogP contribution in [-0.2, 0) is 13.5 Å². The van der Waals surface area contributed by atoms with E-state index < -0.39 is 6.36 Å². The van der Waals surface area contributed by atoms with Crippen LogP contribution in [0.3, 0.4) is 0 Å². The minimum absolute atomic E-state index is 0.261. The van der Waals surface area contributed by atoms with Gasteiger partial charge in [0.25, 0.3) is 5.91 Å². The molecule has 0 fully saturated rings. The van der Waals surface area contributed by atoms with Crippen LogP contribution in [0.5, 0.6) is 5.75 Å². The molecule has 1 N–H and O–H groups in total. The van der Waals surface area contributed by atoms with Gasteiger partial charge < -0.3 is 14.6 Å². The molecule has 0 aliphatic carbocycles. The van der Waals surface area contributed by atoms with Crippen molar-refractivity contribution in [3.8, 4) is 5.75 Å². The lowest BCUT2D eigenvalue weighted by Gasteiger charge is -2.13. The summed E-state index contributed by atoms with van der Waals surface area (Å²) in [7, 11) is 1.75. The fourth-order valence-electron chi connectivity index (χ4n) is 3.92. The molecule has 4 nitrogen and oxygen atoms in total. The molecule has 184 valence electrons. The molecule has 3 rings (SSSR count). The molecule has 2 aromatic carbocycles. The fraction of sp³-hybridized carbons (Fsp3) is 0.400. The molecule has 0 radical (unpaired) electrons. The number of carbonyl (C=O) groups is 1. The first-order valence-electron chi connectivity index (χ1n) is 11.0. The summed E-state index contributed by atoms with van der Waals surface area (Å²) in [5.41, 5.74) is 2.92. The minimum Gasteiger partial charge on any atom is -0.406 e. The predicted octanol–water partition coefficient (Wildman–Crippen LogP) is 7.45. The molecular formula is C25H27Cl2F3N2O2. The molecule has 0 spiro atoms. The van der Waals surface area contributed by atoms with Gasteiger partial charge >= 0.3 is 6.36 Å². The predicted molar refractivity (Wildman–Crippen MR) is 130 cm³/mol. The molecule has 0 aliphatic heterocycles. The third-order valence-electron chi connectivity index (χ3n) is 5.71. The van der Waals surface area contributed by atoms with Crippen LogP contribution in [0.2, 0.25) is 10.0 Å². The summed E-state index contributed by atoms with van der Waals surface area (Å²) in [4.78, 5) is 12.7. The van der Waals surface area contributed by atoms with Crippen LogP contribution in [-0.4, -0.2) is 23.4 Å². The number of fused-ring (bicyclic) bond motifs is 1. The molecule has 1 aromatic heterocycles. The summed E-state index contributed by atoms with van der Waals surface area (Å²) in [6.07, 6.45) is -2.59. The highest BCUT2D eigenvalue weighted by Gasteiger charge is 2.31. The summed E-state index contributed by atoms with van der Waals surface area (Å²) in [6, 6.07) is 7.81. The van der Waals surface area contributed by atoms with Gasteiger partial charge in [0.05, 0.1) is 16.1 Å². The van der Waals surface area contributed by atoms with Crippen molar-refractivity contribution < 1.29 is 22.7 Å². The van der Waals surface area contributed by atoms with Gasteiger partial charge in [0.1, 0.15) is 5.75 Å². The van der Waals surface area contributed by atoms with Crippen LogP contribution in [0.25, 0.3) is 10.9 Å². The highest BCUT2D eigenvalue weighted by atomic mass is 35.5. The van der Waals surface area contributed by atoms with Crippen molar-refractivity contribution >= 4 is 40.0 Å². The van der Waals surface area contributed by atoms with E-state index in [0.717, 1.165) is 23.9 Å². The van der Waals surface area contributed by atoms with Crippen LogP contribution in [0, 0.1) is 12.8 Å². The zero-order chi connectivity index (χ0) is 25.2. The first kappa shape index (κ1) is 26.2. The monoisotopic (exact) mass is 514 g/mol. The van der Waals surface area contributed by atoms with Gasteiger partial charge in [-0.15, -0.1) is 13.2 Å². The zero-order valence-corrected chi connectivity index (χ0v) is 21.0. The molecule has 0 saturated heterocycles. The number of aryl methyl sites for hydroxylation is 2. The van der Waals surface area contributed by atoms with Gasteiger partial charge in [0.2, 0.25) is 0 Å². The molecule has 9 heteroatoms. The first-order chi connectivity index (χ1) is 15.9. The Morgan fingerprint density at radius 3 is 2.53 bits per heavy atom. The van der Waals surface area contributed by atoms with Crippen molar-refractivity contribution in [2.24, 2.45) is 13.0 Å². The van der Waals surface area contributed by atoms with Crippen molar-refractivity contribution in [3.63, 3.8) is 0 Å². The zero-order valence-electron chi connectivity index (χ0n) is 19.4. The molecule has 1 amide bonds. The number of alkyl halides is 3. The number of nitrogens with zero attached hydrogens (tertiary/aromatic N) is 1. The topological polar surface area (TPSA) is 43.3 Å². The average molecular weight is 515 g/mol. The van der Waals surface area contributed by atoms with Crippen molar-refractivity contribution in [2.75, 3.05) is 6.54 Å². The Kier molecular flexibility index (Phi) is 8.09. The molecule has 0 bridgehead atoms. The molecule has 0 aliphatic rings. The number of carbonyl (C=O) groups excluding carboxylic acids is 1. The van der Waals surface area contributed by atoms with E-state index in [1.807, 2.05) is 6.07 Å². The number of benzene rings is 2. The second-order valence-electron chi connectivity index (χ2n) is 8.77. The van der Waals surface area contributed by atoms with E-state index in [-0.39, 0.29) is 16.7 Å². The number of amides is 1. The quantitative estimate of drug-likeness (QED) is 0.317. The average Bonchev–Trinajstić information content (AvgIpc) is 3.03. The second kappa shape index (κ2) is 10.5. The fourth-order valence-corrected chi connectivity index (χ4v) is 4.51. The second-order valence-corrected chi connectivity index (χ2v) is 9.56. The number of hydrogen-bond donors (Lipinski definition) is 1. The number of halogens is 5. The van der Waals surface area contributed by atoms with Crippen LogP contribution >= 0.6 is 23.2 Å². The van der Waals surface area contributed by atoms with Gasteiger partial charge in [0.15, 0.2) is 0 Å². The van der Waals surface area contributed by atoms with Gasteiger partial charge in [-0.05, 0) is 61.1 Å². The number of rotatable bonds is 8. The Labute approximate surface area is 207 Å². The standard InChI is InChI=1S/C25H27Cl2F3N2O2/c1-14(2)6-5-9-31-24(33)18-7-8-21(26)20(23(18)27)12-16-11-19-15(3)10-17(34-25(28,29)30)13-22(19)32(16)4/h7-8,10-11,13-14H,5-6,9,12H2,1-4H3,(H,31,33). The Hall–Kier alpha value is -2.38. The number of nitrogens with one attached hydrogen (secondary N) is 1. The highest BCUT2D eigenvalue weighted by Crippen LogP contribution is 2.34. The largest absolute Gasteiger partial charge is 0.573 e. The van der Waals surface area contributed by atoms with Crippen molar-refractivity contribution in [1.82, 2.24) is 9.88 Å². The molecular weight excluding hydrogens is 488 g/mol. The van der Waals surface area contributed by atoms with E-state index in [4.69, 9.17) is 23.2 Å². The Balaban J connectivity index is 1.89. The van der Waals surface area contributed by atoms with Crippen molar-refractivity contribution in [2.45, 2.75) is 46.4 Å². The van der Waals surface area contributed by atoms with E-state index in [1.54, 1.807) is 30.7 Å². The van der Waals surface area contributed by atoms with Gasteiger partial charge in [-0.2, -0.15) is 0 Å². The molecule has 0 atom stereocenters. The third kappa shape index (κ3) is 6.19. The van der Waals surface area contributed by atoms with Crippen LogP contribution in [0.1, 0.15) is 53.9 Å². The SMILES string of the molecule is Cc1cc(OC(F)(F)F)cc2c1cc(Cc1c(Cl)ccc(C(=O)NCCCC(C)C)c1Cl)n2C. The Bertz CT molecular complexity index is 1200.